The van der Waals surface area contributed by atoms with Gasteiger partial charge >= 0.3 is 0 Å². The van der Waals surface area contributed by atoms with Gasteiger partial charge in [0.15, 0.2) is 17.9 Å². The molecule has 0 N–H and O–H groups in total. The van der Waals surface area contributed by atoms with Crippen LogP contribution in [0.25, 0.3) is 10.8 Å². The number of ether oxygens (including phenoxy) is 2. The van der Waals surface area contributed by atoms with Crippen molar-refractivity contribution in [2.24, 2.45) is 5.92 Å². The van der Waals surface area contributed by atoms with E-state index in [1.807, 2.05) is 0 Å². The number of rotatable bonds is 3. The van der Waals surface area contributed by atoms with Crippen LogP contribution in [0, 0.1) is 35.2 Å². The van der Waals surface area contributed by atoms with Crippen molar-refractivity contribution in [3.8, 4) is 11.8 Å². The molecule has 1 saturated heterocycles. The van der Waals surface area contributed by atoms with Crippen molar-refractivity contribution < 1.29 is 22.6 Å². The Morgan fingerprint density at radius 3 is 2.27 bits per heavy atom. The monoisotopic (exact) mass is 410 g/mol. The summed E-state index contributed by atoms with van der Waals surface area (Å²) >= 11 is 0. The van der Waals surface area contributed by atoms with Crippen LogP contribution in [0.4, 0.5) is 13.2 Å². The zero-order chi connectivity index (χ0) is 21.1. The molecule has 0 unspecified atom stereocenters. The molecule has 0 bridgehead atoms. The number of hydrogen-bond donors (Lipinski definition) is 0. The van der Waals surface area contributed by atoms with Crippen molar-refractivity contribution in [1.82, 2.24) is 0 Å². The van der Waals surface area contributed by atoms with Crippen LogP contribution in [0.5, 0.6) is 0 Å². The molecule has 0 aliphatic carbocycles. The molecule has 2 nitrogen and oxygen atoms in total. The lowest BCUT2D eigenvalue weighted by Crippen LogP contribution is -2.27. The third kappa shape index (κ3) is 4.51. The predicted molar refractivity (Wildman–Crippen MR) is 109 cm³/mol. The highest BCUT2D eigenvalue weighted by Gasteiger charge is 2.23. The Labute approximate surface area is 173 Å². The van der Waals surface area contributed by atoms with Crippen molar-refractivity contribution in [3.63, 3.8) is 0 Å². The van der Waals surface area contributed by atoms with Crippen LogP contribution in [0.3, 0.4) is 0 Å². The highest BCUT2D eigenvalue weighted by molar-refractivity contribution is 5.84. The van der Waals surface area contributed by atoms with Gasteiger partial charge < -0.3 is 9.47 Å². The molecule has 0 radical (unpaired) electrons. The number of benzene rings is 3. The Morgan fingerprint density at radius 1 is 0.833 bits per heavy atom. The number of halogens is 3. The van der Waals surface area contributed by atoms with Gasteiger partial charge in [0.1, 0.15) is 5.82 Å². The fourth-order valence-corrected chi connectivity index (χ4v) is 3.55. The SMILES string of the molecule is CCCC1COC(c2ccc(C#Cc3ccc4cc(F)c(F)cc4c3)c(F)c2)OC1. The molecule has 1 fully saturated rings. The molecule has 0 aromatic heterocycles. The van der Waals surface area contributed by atoms with E-state index in [2.05, 4.69) is 18.8 Å². The fourth-order valence-electron chi connectivity index (χ4n) is 3.55. The van der Waals surface area contributed by atoms with E-state index in [1.54, 1.807) is 30.3 Å². The van der Waals surface area contributed by atoms with Crippen LogP contribution in [0.15, 0.2) is 48.5 Å². The Bertz CT molecular complexity index is 1120. The molecular formula is C25H21F3O2. The molecule has 3 aromatic carbocycles. The smallest absolute Gasteiger partial charge is 0.183 e. The van der Waals surface area contributed by atoms with Gasteiger partial charge in [-0.25, -0.2) is 13.2 Å². The summed E-state index contributed by atoms with van der Waals surface area (Å²) in [5.41, 5.74) is 1.44. The summed E-state index contributed by atoms with van der Waals surface area (Å²) in [6.45, 7) is 3.33. The van der Waals surface area contributed by atoms with E-state index in [0.717, 1.165) is 25.0 Å². The summed E-state index contributed by atoms with van der Waals surface area (Å²) in [5.74, 6) is 3.79. The molecule has 154 valence electrons. The van der Waals surface area contributed by atoms with Crippen molar-refractivity contribution in [2.45, 2.75) is 26.1 Å². The molecular weight excluding hydrogens is 389 g/mol. The summed E-state index contributed by atoms with van der Waals surface area (Å²) in [4.78, 5) is 0. The second-order valence-electron chi connectivity index (χ2n) is 7.47. The van der Waals surface area contributed by atoms with Gasteiger partial charge in [-0.2, -0.15) is 0 Å². The van der Waals surface area contributed by atoms with Crippen molar-refractivity contribution in [1.29, 1.82) is 0 Å². The Kier molecular flexibility index (Phi) is 6.08. The third-order valence-corrected chi connectivity index (χ3v) is 5.15. The molecule has 0 amide bonds. The molecule has 3 aromatic rings. The van der Waals surface area contributed by atoms with E-state index in [-0.39, 0.29) is 5.56 Å². The molecule has 0 saturated carbocycles. The lowest BCUT2D eigenvalue weighted by Gasteiger charge is -2.29. The van der Waals surface area contributed by atoms with E-state index >= 15 is 0 Å². The first kappa shape index (κ1) is 20.5. The van der Waals surface area contributed by atoms with Crippen molar-refractivity contribution in [3.05, 3.63) is 82.7 Å². The van der Waals surface area contributed by atoms with Crippen LogP contribution < -0.4 is 0 Å². The van der Waals surface area contributed by atoms with Gasteiger partial charge in [0, 0.05) is 17.0 Å². The van der Waals surface area contributed by atoms with Crippen LogP contribution in [-0.4, -0.2) is 13.2 Å². The summed E-state index contributed by atoms with van der Waals surface area (Å²) in [6.07, 6.45) is 1.56. The molecule has 30 heavy (non-hydrogen) atoms. The Morgan fingerprint density at radius 2 is 1.57 bits per heavy atom. The predicted octanol–water partition coefficient (Wildman–Crippen LogP) is 6.12. The van der Waals surface area contributed by atoms with E-state index in [4.69, 9.17) is 9.47 Å². The second kappa shape index (κ2) is 8.91. The average Bonchev–Trinajstić information content (AvgIpc) is 2.74. The molecule has 0 spiro atoms. The van der Waals surface area contributed by atoms with Gasteiger partial charge in [0.05, 0.1) is 18.8 Å². The summed E-state index contributed by atoms with van der Waals surface area (Å²) in [6, 6.07) is 12.0. The van der Waals surface area contributed by atoms with Gasteiger partial charge in [-0.3, -0.25) is 0 Å². The van der Waals surface area contributed by atoms with E-state index in [0.29, 0.717) is 41.0 Å². The van der Waals surface area contributed by atoms with E-state index < -0.39 is 23.7 Å². The topological polar surface area (TPSA) is 18.5 Å². The van der Waals surface area contributed by atoms with E-state index in [9.17, 15) is 13.2 Å². The number of fused-ring (bicyclic) bond motifs is 1. The standard InChI is InChI=1S/C25H21F3O2/c1-2-3-17-14-29-25(30-15-17)20-9-8-18(22(26)12-20)6-4-16-5-7-19-11-23(27)24(28)13-21(19)10-16/h5,7-13,17,25H,2-3,14-15H2,1H3. The molecule has 4 rings (SSSR count). The minimum atomic E-state index is -0.914. The lowest BCUT2D eigenvalue weighted by atomic mass is 10.0. The fraction of sp³-hybridized carbons (Fsp3) is 0.280. The van der Waals surface area contributed by atoms with Crippen LogP contribution in [-0.2, 0) is 9.47 Å². The zero-order valence-electron chi connectivity index (χ0n) is 16.6. The summed E-state index contributed by atoms with van der Waals surface area (Å²) < 4.78 is 52.8. The first-order valence-electron chi connectivity index (χ1n) is 9.97. The summed E-state index contributed by atoms with van der Waals surface area (Å²) in [7, 11) is 0. The molecule has 5 heteroatoms. The quantitative estimate of drug-likeness (QED) is 0.485. The average molecular weight is 410 g/mol. The first-order chi connectivity index (χ1) is 14.5. The van der Waals surface area contributed by atoms with Crippen molar-refractivity contribution in [2.75, 3.05) is 13.2 Å². The molecule has 1 aliphatic rings. The maximum atomic E-state index is 14.6. The highest BCUT2D eigenvalue weighted by Crippen LogP contribution is 2.28. The molecule has 1 heterocycles. The van der Waals surface area contributed by atoms with Crippen LogP contribution >= 0.6 is 0 Å². The van der Waals surface area contributed by atoms with E-state index in [1.165, 1.54) is 6.07 Å². The molecule has 1 aliphatic heterocycles. The highest BCUT2D eigenvalue weighted by atomic mass is 19.2. The zero-order valence-corrected chi connectivity index (χ0v) is 16.6. The second-order valence-corrected chi connectivity index (χ2v) is 7.47. The summed E-state index contributed by atoms with van der Waals surface area (Å²) in [5, 5.41) is 1.10. The minimum Gasteiger partial charge on any atom is -0.348 e. The number of hydrogen-bond acceptors (Lipinski definition) is 2. The van der Waals surface area contributed by atoms with Crippen LogP contribution in [0.2, 0.25) is 0 Å². The maximum absolute atomic E-state index is 14.6. The van der Waals surface area contributed by atoms with Gasteiger partial charge in [-0.05, 0) is 53.6 Å². The minimum absolute atomic E-state index is 0.240. The molecule has 0 atom stereocenters. The normalized spacial score (nSPS) is 18.8. The first-order valence-corrected chi connectivity index (χ1v) is 9.97. The van der Waals surface area contributed by atoms with Crippen molar-refractivity contribution >= 4 is 10.8 Å². The Balaban J connectivity index is 1.50. The Hall–Kier alpha value is -2.81. The third-order valence-electron chi connectivity index (χ3n) is 5.15. The van der Waals surface area contributed by atoms with Crippen LogP contribution in [0.1, 0.15) is 42.7 Å². The van der Waals surface area contributed by atoms with Gasteiger partial charge in [-0.15, -0.1) is 0 Å². The lowest BCUT2D eigenvalue weighted by molar-refractivity contribution is -0.206. The van der Waals surface area contributed by atoms with Gasteiger partial charge in [0.2, 0.25) is 0 Å². The largest absolute Gasteiger partial charge is 0.348 e. The maximum Gasteiger partial charge on any atom is 0.183 e. The van der Waals surface area contributed by atoms with Gasteiger partial charge in [0.25, 0.3) is 0 Å². The van der Waals surface area contributed by atoms with Gasteiger partial charge in [-0.1, -0.05) is 37.3 Å².